The molecule has 0 spiro atoms. The molecule has 6 heteroatoms. The van der Waals surface area contributed by atoms with Crippen molar-refractivity contribution in [2.75, 3.05) is 13.6 Å². The van der Waals surface area contributed by atoms with Crippen LogP contribution in [-0.4, -0.2) is 36.2 Å². The molecule has 0 fully saturated rings. The molecule has 0 saturated carbocycles. The van der Waals surface area contributed by atoms with E-state index in [1.54, 1.807) is 18.9 Å². The van der Waals surface area contributed by atoms with Crippen molar-refractivity contribution in [1.29, 1.82) is 0 Å². The van der Waals surface area contributed by atoms with Gasteiger partial charge < -0.3 is 16.0 Å². The molecule has 0 aliphatic carbocycles. The highest BCUT2D eigenvalue weighted by Crippen LogP contribution is 2.25. The molecule has 0 radical (unpaired) electrons. The second-order valence-electron chi connectivity index (χ2n) is 6.36. The minimum absolute atomic E-state index is 0.146. The number of nitrogens with two attached hydrogens (primary N) is 1. The summed E-state index contributed by atoms with van der Waals surface area (Å²) >= 11 is 0. The van der Waals surface area contributed by atoms with E-state index in [9.17, 15) is 14.4 Å². The van der Waals surface area contributed by atoms with Gasteiger partial charge in [0.25, 0.3) is 0 Å². The number of benzene rings is 1. The molecular formula is C18H25N3O3. The molecule has 3 N–H and O–H groups in total. The third-order valence-electron chi connectivity index (χ3n) is 4.81. The molecule has 2 rings (SSSR count). The fourth-order valence-corrected chi connectivity index (χ4v) is 3.19. The molecule has 1 aliphatic rings. The third kappa shape index (κ3) is 3.58. The number of carbonyl (C=O) groups is 3. The monoisotopic (exact) mass is 331 g/mol. The normalized spacial score (nSPS) is 19.9. The first-order chi connectivity index (χ1) is 11.4. The van der Waals surface area contributed by atoms with Crippen LogP contribution in [0.15, 0.2) is 24.3 Å². The first-order valence-electron chi connectivity index (χ1n) is 8.29. The molecular weight excluding hydrogens is 306 g/mol. The average molecular weight is 331 g/mol. The van der Waals surface area contributed by atoms with Gasteiger partial charge in [0, 0.05) is 25.4 Å². The average Bonchev–Trinajstić information content (AvgIpc) is 2.67. The van der Waals surface area contributed by atoms with E-state index < -0.39 is 23.8 Å². The number of primary amides is 1. The smallest absolute Gasteiger partial charge is 0.249 e. The van der Waals surface area contributed by atoms with Crippen molar-refractivity contribution in [3.8, 4) is 0 Å². The van der Waals surface area contributed by atoms with Crippen LogP contribution >= 0.6 is 0 Å². The fourth-order valence-electron chi connectivity index (χ4n) is 3.19. The number of carbonyl (C=O) groups excluding carboxylic acids is 3. The van der Waals surface area contributed by atoms with E-state index in [0.29, 0.717) is 13.0 Å². The summed E-state index contributed by atoms with van der Waals surface area (Å²) < 4.78 is 0. The molecule has 1 aliphatic heterocycles. The summed E-state index contributed by atoms with van der Waals surface area (Å²) in [5.74, 6) is -2.10. The Labute approximate surface area is 142 Å². The second-order valence-corrected chi connectivity index (χ2v) is 6.36. The van der Waals surface area contributed by atoms with E-state index in [-0.39, 0.29) is 11.8 Å². The van der Waals surface area contributed by atoms with Gasteiger partial charge in [-0.25, -0.2) is 0 Å². The number of hydrogen-bond donors (Lipinski definition) is 2. The summed E-state index contributed by atoms with van der Waals surface area (Å²) in [6.07, 6.45) is 1.23. The Morgan fingerprint density at radius 3 is 2.67 bits per heavy atom. The number of nitrogens with zero attached hydrogens (tertiary/aromatic N) is 1. The van der Waals surface area contributed by atoms with E-state index in [1.165, 1.54) is 0 Å². The highest BCUT2D eigenvalue weighted by Gasteiger charge is 2.34. The van der Waals surface area contributed by atoms with Crippen molar-refractivity contribution >= 4 is 17.7 Å². The van der Waals surface area contributed by atoms with Crippen molar-refractivity contribution in [3.63, 3.8) is 0 Å². The van der Waals surface area contributed by atoms with Crippen LogP contribution < -0.4 is 11.1 Å². The summed E-state index contributed by atoms with van der Waals surface area (Å²) in [5.41, 5.74) is 7.25. The molecule has 3 atom stereocenters. The number of fused-ring (bicyclic) bond motifs is 1. The maximum atomic E-state index is 12.7. The van der Waals surface area contributed by atoms with Crippen molar-refractivity contribution in [3.05, 3.63) is 35.4 Å². The summed E-state index contributed by atoms with van der Waals surface area (Å²) in [5, 5.41) is 2.83. The Bertz CT molecular complexity index is 644. The summed E-state index contributed by atoms with van der Waals surface area (Å²) in [4.78, 5) is 38.4. The van der Waals surface area contributed by atoms with Crippen LogP contribution in [0, 0.1) is 11.8 Å². The largest absolute Gasteiger partial charge is 0.369 e. The highest BCUT2D eigenvalue weighted by atomic mass is 16.2. The van der Waals surface area contributed by atoms with E-state index in [2.05, 4.69) is 5.32 Å². The quantitative estimate of drug-likeness (QED) is 0.843. The topological polar surface area (TPSA) is 92.5 Å². The molecule has 130 valence electrons. The molecule has 1 aromatic rings. The highest BCUT2D eigenvalue weighted by molar-refractivity contribution is 5.92. The first-order valence-corrected chi connectivity index (χ1v) is 8.29. The SMILES string of the molecule is CCC(C(N)=O)[C@H](C)C(=O)N[C@@H]1C(=O)N(C)CCc2ccccc21. The van der Waals surface area contributed by atoms with Crippen LogP contribution in [0.1, 0.15) is 37.4 Å². The van der Waals surface area contributed by atoms with Crippen molar-refractivity contribution in [2.24, 2.45) is 17.6 Å². The van der Waals surface area contributed by atoms with Crippen LogP contribution in [0.3, 0.4) is 0 Å². The zero-order valence-electron chi connectivity index (χ0n) is 14.4. The number of rotatable bonds is 5. The van der Waals surface area contributed by atoms with Crippen LogP contribution in [0.2, 0.25) is 0 Å². The predicted molar refractivity (Wildman–Crippen MR) is 90.8 cm³/mol. The molecule has 0 saturated heterocycles. The Balaban J connectivity index is 2.27. The van der Waals surface area contributed by atoms with Crippen molar-refractivity contribution in [2.45, 2.75) is 32.7 Å². The lowest BCUT2D eigenvalue weighted by molar-refractivity contribution is -0.138. The van der Waals surface area contributed by atoms with Gasteiger partial charge in [0.2, 0.25) is 17.7 Å². The lowest BCUT2D eigenvalue weighted by atomic mass is 9.89. The van der Waals surface area contributed by atoms with Crippen LogP contribution in [0.4, 0.5) is 0 Å². The van der Waals surface area contributed by atoms with Crippen molar-refractivity contribution in [1.82, 2.24) is 10.2 Å². The number of amides is 3. The summed E-state index contributed by atoms with van der Waals surface area (Å²) in [7, 11) is 1.73. The van der Waals surface area contributed by atoms with Gasteiger partial charge in [-0.05, 0) is 24.0 Å². The van der Waals surface area contributed by atoms with Gasteiger partial charge in [0.15, 0.2) is 0 Å². The lowest BCUT2D eigenvalue weighted by Crippen LogP contribution is -2.45. The zero-order valence-corrected chi connectivity index (χ0v) is 14.4. The van der Waals surface area contributed by atoms with E-state index in [1.807, 2.05) is 31.2 Å². The summed E-state index contributed by atoms with van der Waals surface area (Å²) in [6.45, 7) is 4.10. The van der Waals surface area contributed by atoms with E-state index >= 15 is 0 Å². The standard InChI is InChI=1S/C18H25N3O3/c1-4-13(16(19)22)11(2)17(23)20-15-14-8-6-5-7-12(14)9-10-21(3)18(15)24/h5-8,11,13,15H,4,9-10H2,1-3H3,(H2,19,22)(H,20,23)/t11-,13?,15-/m0/s1. The maximum absolute atomic E-state index is 12.7. The number of nitrogens with one attached hydrogen (secondary N) is 1. The van der Waals surface area contributed by atoms with Gasteiger partial charge in [-0.1, -0.05) is 38.1 Å². The Kier molecular flexibility index (Phi) is 5.59. The fraction of sp³-hybridized carbons (Fsp3) is 0.500. The van der Waals surface area contributed by atoms with Gasteiger partial charge in [0.1, 0.15) is 6.04 Å². The third-order valence-corrected chi connectivity index (χ3v) is 4.81. The van der Waals surface area contributed by atoms with Gasteiger partial charge in [-0.2, -0.15) is 0 Å². The first kappa shape index (κ1) is 18.0. The van der Waals surface area contributed by atoms with E-state index in [0.717, 1.165) is 17.5 Å². The molecule has 0 aromatic heterocycles. The number of likely N-dealkylation sites (N-methyl/N-ethyl adjacent to an activating group) is 1. The van der Waals surface area contributed by atoms with Gasteiger partial charge in [-0.3, -0.25) is 14.4 Å². The second kappa shape index (κ2) is 7.47. The zero-order chi connectivity index (χ0) is 17.9. The maximum Gasteiger partial charge on any atom is 0.249 e. The Morgan fingerprint density at radius 2 is 2.04 bits per heavy atom. The molecule has 1 heterocycles. The summed E-state index contributed by atoms with van der Waals surface area (Å²) in [6, 6.07) is 6.90. The molecule has 1 aromatic carbocycles. The lowest BCUT2D eigenvalue weighted by Gasteiger charge is -2.25. The van der Waals surface area contributed by atoms with E-state index in [4.69, 9.17) is 5.73 Å². The van der Waals surface area contributed by atoms with Gasteiger partial charge >= 0.3 is 0 Å². The number of hydrogen-bond acceptors (Lipinski definition) is 3. The minimum atomic E-state index is -0.728. The van der Waals surface area contributed by atoms with Crippen molar-refractivity contribution < 1.29 is 14.4 Å². The molecule has 1 unspecified atom stereocenters. The molecule has 6 nitrogen and oxygen atoms in total. The molecule has 24 heavy (non-hydrogen) atoms. The van der Waals surface area contributed by atoms with Gasteiger partial charge in [0.05, 0.1) is 0 Å². The molecule has 3 amide bonds. The Morgan fingerprint density at radius 1 is 1.38 bits per heavy atom. The minimum Gasteiger partial charge on any atom is -0.369 e. The molecule has 0 bridgehead atoms. The van der Waals surface area contributed by atoms with Gasteiger partial charge in [-0.15, -0.1) is 0 Å². The van der Waals surface area contributed by atoms with Crippen LogP contribution in [0.5, 0.6) is 0 Å². The Hall–Kier alpha value is -2.37. The van der Waals surface area contributed by atoms with Crippen LogP contribution in [0.25, 0.3) is 0 Å². The predicted octanol–water partition coefficient (Wildman–Crippen LogP) is 1.01. The van der Waals surface area contributed by atoms with Crippen LogP contribution in [-0.2, 0) is 20.8 Å².